The van der Waals surface area contributed by atoms with Crippen LogP contribution >= 0.6 is 11.6 Å². The van der Waals surface area contributed by atoms with Crippen molar-refractivity contribution in [1.29, 1.82) is 0 Å². The summed E-state index contributed by atoms with van der Waals surface area (Å²) in [6, 6.07) is 7.34. The number of hydrogen-bond acceptors (Lipinski definition) is 5. The molecule has 0 bridgehead atoms. The van der Waals surface area contributed by atoms with Gasteiger partial charge in [0.1, 0.15) is 10.9 Å². The van der Waals surface area contributed by atoms with Crippen LogP contribution in [0.3, 0.4) is 0 Å². The number of aromatic nitrogens is 2. The molecule has 0 aliphatic carbocycles. The molecular weight excluding hydrogens is 280 g/mol. The second kappa shape index (κ2) is 6.34. The van der Waals surface area contributed by atoms with Crippen molar-refractivity contribution >= 4 is 17.6 Å². The first-order valence-electron chi connectivity index (χ1n) is 5.86. The summed E-state index contributed by atoms with van der Waals surface area (Å²) < 4.78 is 9.73. The van der Waals surface area contributed by atoms with E-state index >= 15 is 0 Å². The molecule has 2 rings (SSSR count). The second-order valence-electron chi connectivity index (χ2n) is 3.99. The molecule has 1 aromatic heterocycles. The minimum absolute atomic E-state index is 0.0493. The Labute approximate surface area is 121 Å². The van der Waals surface area contributed by atoms with E-state index in [1.165, 1.54) is 13.3 Å². The van der Waals surface area contributed by atoms with Gasteiger partial charge in [0.15, 0.2) is 5.82 Å². The van der Waals surface area contributed by atoms with Crippen LogP contribution in [0.1, 0.15) is 5.56 Å². The summed E-state index contributed by atoms with van der Waals surface area (Å²) in [7, 11) is 2.91. The molecule has 0 unspecified atom stereocenters. The summed E-state index contributed by atoms with van der Waals surface area (Å²) >= 11 is 6.06. The Bertz CT molecular complexity index is 632. The predicted octanol–water partition coefficient (Wildman–Crippen LogP) is 2.52. The normalized spacial score (nSPS) is 10.2. The minimum atomic E-state index is -0.385. The summed E-state index contributed by atoms with van der Waals surface area (Å²) in [4.78, 5) is 19.6. The fourth-order valence-corrected chi connectivity index (χ4v) is 1.83. The van der Waals surface area contributed by atoms with Crippen molar-refractivity contribution in [2.24, 2.45) is 0 Å². The van der Waals surface area contributed by atoms with Gasteiger partial charge in [-0.3, -0.25) is 4.79 Å². The van der Waals surface area contributed by atoms with Crippen LogP contribution in [0.4, 0.5) is 0 Å². The van der Waals surface area contributed by atoms with Crippen molar-refractivity contribution in [2.75, 3.05) is 14.2 Å². The zero-order valence-corrected chi connectivity index (χ0v) is 11.8. The fraction of sp³-hybridized carbons (Fsp3) is 0.214. The molecular formula is C14H13ClN2O3. The van der Waals surface area contributed by atoms with Gasteiger partial charge in [0.05, 0.1) is 20.6 Å². The average molecular weight is 293 g/mol. The van der Waals surface area contributed by atoms with Gasteiger partial charge >= 0.3 is 5.97 Å². The molecule has 1 aromatic carbocycles. The van der Waals surface area contributed by atoms with E-state index in [-0.39, 0.29) is 17.5 Å². The van der Waals surface area contributed by atoms with E-state index in [4.69, 9.17) is 16.3 Å². The van der Waals surface area contributed by atoms with Gasteiger partial charge in [0, 0.05) is 17.3 Å². The summed E-state index contributed by atoms with van der Waals surface area (Å²) in [5.41, 5.74) is 1.32. The number of rotatable bonds is 4. The van der Waals surface area contributed by atoms with Crippen molar-refractivity contribution in [3.8, 4) is 17.1 Å². The number of halogens is 1. The lowest BCUT2D eigenvalue weighted by atomic mass is 10.2. The van der Waals surface area contributed by atoms with Crippen LogP contribution in [-0.4, -0.2) is 30.2 Å². The van der Waals surface area contributed by atoms with Crippen LogP contribution in [0.2, 0.25) is 5.15 Å². The fourth-order valence-electron chi connectivity index (χ4n) is 1.63. The van der Waals surface area contributed by atoms with Crippen molar-refractivity contribution in [2.45, 2.75) is 6.42 Å². The number of benzene rings is 1. The van der Waals surface area contributed by atoms with Crippen LogP contribution in [0, 0.1) is 0 Å². The zero-order chi connectivity index (χ0) is 14.5. The lowest BCUT2D eigenvalue weighted by Crippen LogP contribution is -2.06. The molecule has 104 valence electrons. The molecule has 0 fully saturated rings. The number of carbonyl (C=O) groups excluding carboxylic acids is 1. The molecule has 0 atom stereocenters. The standard InChI is InChI=1S/C14H13ClN2O3/c1-19-11-5-3-4-9(6-11)14-16-8-10(13(15)17-14)7-12(18)20-2/h3-6,8H,7H2,1-2H3. The van der Waals surface area contributed by atoms with Gasteiger partial charge in [-0.1, -0.05) is 23.7 Å². The summed E-state index contributed by atoms with van der Waals surface area (Å²) in [5, 5.41) is 0.239. The average Bonchev–Trinajstić information content (AvgIpc) is 2.49. The number of nitrogens with zero attached hydrogens (tertiary/aromatic N) is 2. The van der Waals surface area contributed by atoms with E-state index in [1.54, 1.807) is 7.11 Å². The van der Waals surface area contributed by atoms with Gasteiger partial charge < -0.3 is 9.47 Å². The topological polar surface area (TPSA) is 61.3 Å². The maximum absolute atomic E-state index is 11.2. The molecule has 0 spiro atoms. The monoisotopic (exact) mass is 292 g/mol. The van der Waals surface area contributed by atoms with Crippen molar-refractivity contribution in [3.05, 3.63) is 41.2 Å². The zero-order valence-electron chi connectivity index (χ0n) is 11.1. The van der Waals surface area contributed by atoms with Crippen molar-refractivity contribution in [1.82, 2.24) is 9.97 Å². The van der Waals surface area contributed by atoms with Gasteiger partial charge in [-0.25, -0.2) is 9.97 Å². The van der Waals surface area contributed by atoms with E-state index in [0.717, 1.165) is 5.56 Å². The quantitative estimate of drug-likeness (QED) is 0.640. The molecule has 6 heteroatoms. The predicted molar refractivity (Wildman–Crippen MR) is 74.8 cm³/mol. The molecule has 1 heterocycles. The van der Waals surface area contributed by atoms with Crippen LogP contribution in [0.5, 0.6) is 5.75 Å². The van der Waals surface area contributed by atoms with E-state index in [1.807, 2.05) is 24.3 Å². The van der Waals surface area contributed by atoms with E-state index in [2.05, 4.69) is 14.7 Å². The largest absolute Gasteiger partial charge is 0.497 e. The Kier molecular flexibility index (Phi) is 4.53. The highest BCUT2D eigenvalue weighted by Crippen LogP contribution is 2.23. The van der Waals surface area contributed by atoms with Gasteiger partial charge in [-0.2, -0.15) is 0 Å². The highest BCUT2D eigenvalue weighted by Gasteiger charge is 2.11. The van der Waals surface area contributed by atoms with Gasteiger partial charge in [0.2, 0.25) is 0 Å². The lowest BCUT2D eigenvalue weighted by molar-refractivity contribution is -0.139. The first-order valence-corrected chi connectivity index (χ1v) is 6.24. The molecule has 20 heavy (non-hydrogen) atoms. The van der Waals surface area contributed by atoms with Crippen molar-refractivity contribution < 1.29 is 14.3 Å². The molecule has 0 N–H and O–H groups in total. The number of methoxy groups -OCH3 is 2. The number of hydrogen-bond donors (Lipinski definition) is 0. The third kappa shape index (κ3) is 3.24. The lowest BCUT2D eigenvalue weighted by Gasteiger charge is -2.06. The summed E-state index contributed by atoms with van der Waals surface area (Å²) in [6.45, 7) is 0. The molecule has 0 amide bonds. The van der Waals surface area contributed by atoms with Crippen LogP contribution in [0.25, 0.3) is 11.4 Å². The first kappa shape index (κ1) is 14.3. The first-order chi connectivity index (χ1) is 9.63. The van der Waals surface area contributed by atoms with Crippen LogP contribution in [-0.2, 0) is 16.0 Å². The second-order valence-corrected chi connectivity index (χ2v) is 4.35. The van der Waals surface area contributed by atoms with E-state index in [0.29, 0.717) is 17.1 Å². The number of ether oxygens (including phenoxy) is 2. The van der Waals surface area contributed by atoms with Gasteiger partial charge in [-0.05, 0) is 12.1 Å². The Hall–Kier alpha value is -2.14. The summed E-state index contributed by atoms with van der Waals surface area (Å²) in [5.74, 6) is 0.799. The SMILES string of the molecule is COC(=O)Cc1cnc(-c2cccc(OC)c2)nc1Cl. The highest BCUT2D eigenvalue weighted by atomic mass is 35.5. The molecule has 0 saturated carbocycles. The van der Waals surface area contributed by atoms with Crippen LogP contribution in [0.15, 0.2) is 30.5 Å². The third-order valence-electron chi connectivity index (χ3n) is 2.70. The minimum Gasteiger partial charge on any atom is -0.497 e. The third-order valence-corrected chi connectivity index (χ3v) is 3.03. The van der Waals surface area contributed by atoms with E-state index < -0.39 is 0 Å². The Morgan fingerprint density at radius 3 is 2.80 bits per heavy atom. The molecule has 0 radical (unpaired) electrons. The van der Waals surface area contributed by atoms with Gasteiger partial charge in [0.25, 0.3) is 0 Å². The smallest absolute Gasteiger partial charge is 0.310 e. The molecule has 2 aromatic rings. The Morgan fingerprint density at radius 1 is 1.35 bits per heavy atom. The molecule has 0 aliphatic rings. The van der Waals surface area contributed by atoms with Crippen LogP contribution < -0.4 is 4.74 Å². The van der Waals surface area contributed by atoms with Gasteiger partial charge in [-0.15, -0.1) is 0 Å². The maximum atomic E-state index is 11.2. The number of carbonyl (C=O) groups is 1. The summed E-state index contributed by atoms with van der Waals surface area (Å²) in [6.07, 6.45) is 1.58. The van der Waals surface area contributed by atoms with E-state index in [9.17, 15) is 4.79 Å². The Balaban J connectivity index is 2.30. The number of esters is 1. The molecule has 0 aliphatic heterocycles. The maximum Gasteiger partial charge on any atom is 0.310 e. The highest BCUT2D eigenvalue weighted by molar-refractivity contribution is 6.30. The molecule has 0 saturated heterocycles. The molecule has 5 nitrogen and oxygen atoms in total. The van der Waals surface area contributed by atoms with Crippen molar-refractivity contribution in [3.63, 3.8) is 0 Å². The Morgan fingerprint density at radius 2 is 2.15 bits per heavy atom.